The zero-order chi connectivity index (χ0) is 84.7. The molecule has 123 heavy (non-hydrogen) atoms. The Hall–Kier alpha value is -7.21. The maximum Gasteiger partial charge on any atom is 1.00 e. The van der Waals surface area contributed by atoms with Crippen LogP contribution in [0.1, 0.15) is 62.8 Å². The number of halogens is 1. The van der Waals surface area contributed by atoms with Gasteiger partial charge >= 0.3 is 110 Å². The summed E-state index contributed by atoms with van der Waals surface area (Å²) >= 11 is 3.29. The molecule has 614 valence electrons. The predicted octanol–water partition coefficient (Wildman–Crippen LogP) is 13.6. The van der Waals surface area contributed by atoms with Crippen LogP contribution in [0.2, 0.25) is 0 Å². The zero-order valence-corrected chi connectivity index (χ0v) is 84.8. The van der Waals surface area contributed by atoms with E-state index in [1.54, 1.807) is 12.4 Å². The van der Waals surface area contributed by atoms with Crippen LogP contribution < -0.4 is 177 Å². The number of nitrogens with zero attached hydrogens (tertiary/aromatic N) is 4. The van der Waals surface area contributed by atoms with Crippen LogP contribution in [0.4, 0.5) is 0 Å². The van der Waals surface area contributed by atoms with E-state index < -0.39 is 31.7 Å². The Balaban J connectivity index is 0.000000223. The number of hydrogen-bond acceptors (Lipinski definition) is 9. The zero-order valence-electron chi connectivity index (χ0n) is 72.9. The molecular weight excluding hydrogens is 1800 g/mol. The van der Waals surface area contributed by atoms with Crippen LogP contribution in [-0.4, -0.2) is 44.7 Å². The van der Waals surface area contributed by atoms with Gasteiger partial charge in [0.05, 0.1) is 16.9 Å². The van der Waals surface area contributed by atoms with Crippen molar-refractivity contribution in [2.75, 3.05) is 0 Å². The van der Waals surface area contributed by atoms with Gasteiger partial charge in [0, 0.05) is 67.6 Å². The minimum atomic E-state index is -0.446. The van der Waals surface area contributed by atoms with Gasteiger partial charge < -0.3 is 20.9 Å². The fraction of sp³-hybridized carbons (Fsp3) is 0.114. The molecule has 12 aromatic carbocycles. The second-order valence-electron chi connectivity index (χ2n) is 28.7. The Kier molecular flexibility index (Phi) is 46.3. The van der Waals surface area contributed by atoms with Crippen LogP contribution in [0.5, 0.6) is 0 Å². The van der Waals surface area contributed by atoms with Crippen molar-refractivity contribution in [2.45, 2.75) is 80.4 Å². The number of benzene rings is 12. The summed E-state index contributed by atoms with van der Waals surface area (Å²) in [6.45, 7) is 20.3. The monoisotopic (exact) mass is 1900 g/mol. The number of aromatic nitrogens is 4. The molecule has 16 aromatic rings. The van der Waals surface area contributed by atoms with E-state index in [4.69, 9.17) is 19.4 Å². The topological polar surface area (TPSA) is 119 Å². The molecule has 1 fully saturated rings. The first-order valence-electron chi connectivity index (χ1n) is 39.7. The molecule has 0 unspecified atom stereocenters. The Morgan fingerprint density at radius 2 is 0.545 bits per heavy atom. The maximum absolute atomic E-state index is 8.64. The summed E-state index contributed by atoms with van der Waals surface area (Å²) in [6.07, 6.45) is 7.36. The van der Waals surface area contributed by atoms with E-state index in [0.29, 0.717) is 0 Å². The third kappa shape index (κ3) is 32.3. The van der Waals surface area contributed by atoms with Gasteiger partial charge in [0.25, 0.3) is 6.47 Å². The Labute approximate surface area is 843 Å². The summed E-state index contributed by atoms with van der Waals surface area (Å²) < 4.78 is 12.8. The van der Waals surface area contributed by atoms with Gasteiger partial charge in [-0.3, -0.25) is 19.7 Å². The first kappa shape index (κ1) is 103. The molecule has 1 aliphatic rings. The first-order chi connectivity index (χ1) is 58.4. The summed E-state index contributed by atoms with van der Waals surface area (Å²) in [5.41, 5.74) is 9.53. The molecule has 17 rings (SSSR count). The number of hydrogen-bond donors (Lipinski definition) is 0. The van der Waals surface area contributed by atoms with Gasteiger partial charge in [-0.1, -0.05) is 370 Å². The van der Waals surface area contributed by atoms with E-state index in [2.05, 4.69) is 472 Å². The number of carbonyl (C=O) groups excluding carboxylic acids is 1. The van der Waals surface area contributed by atoms with Gasteiger partial charge in [-0.15, -0.1) is 0 Å². The van der Waals surface area contributed by atoms with Crippen molar-refractivity contribution in [3.8, 4) is 11.3 Å². The fourth-order valence-corrected chi connectivity index (χ4v) is 22.2. The van der Waals surface area contributed by atoms with Crippen molar-refractivity contribution in [3.05, 3.63) is 463 Å². The quantitative estimate of drug-likeness (QED) is 0.0247. The molecule has 0 radical (unpaired) electrons. The fourth-order valence-electron chi connectivity index (χ4n) is 12.5. The van der Waals surface area contributed by atoms with E-state index in [1.165, 1.54) is 85.9 Å². The minimum Gasteiger partial charge on any atom is -1.00 e. The maximum atomic E-state index is 8.64. The molecule has 0 bridgehead atoms. The van der Waals surface area contributed by atoms with E-state index in [0.717, 1.165) is 32.7 Å². The second-order valence-corrected chi connectivity index (χ2v) is 38.4. The van der Waals surface area contributed by atoms with E-state index in [1.807, 2.05) is 50.5 Å². The van der Waals surface area contributed by atoms with Crippen LogP contribution in [0.3, 0.4) is 0 Å². The van der Waals surface area contributed by atoms with Gasteiger partial charge in [-0.05, 0) is 233 Å². The van der Waals surface area contributed by atoms with E-state index in [-0.39, 0.29) is 149 Å². The summed E-state index contributed by atoms with van der Waals surface area (Å²) in [5, 5.41) is 25.2. The molecule has 18 heteroatoms. The number of carbonyl (C=O) groups is 1. The summed E-state index contributed by atoms with van der Waals surface area (Å²) in [7, 11) is -2.09. The third-order valence-electron chi connectivity index (χ3n) is 19.8. The second kappa shape index (κ2) is 55.4. The number of rotatable bonds is 15. The van der Waals surface area contributed by atoms with Crippen LogP contribution in [0.15, 0.2) is 430 Å². The average molecular weight is 1900 g/mol. The van der Waals surface area contributed by atoms with Gasteiger partial charge in [0.1, 0.15) is 4.60 Å². The van der Waals surface area contributed by atoms with Gasteiger partial charge in [-0.25, -0.2) is 4.98 Å². The molecule has 0 N–H and O–H groups in total. The summed E-state index contributed by atoms with van der Waals surface area (Å²) in [4.78, 5) is 28.3. The van der Waals surface area contributed by atoms with Crippen molar-refractivity contribution >= 4 is 130 Å². The smallest absolute Gasteiger partial charge is 1.00 e. The third-order valence-corrected chi connectivity index (χ3v) is 30.0. The molecule has 1 aliphatic heterocycles. The van der Waals surface area contributed by atoms with Gasteiger partial charge in [0.2, 0.25) is 0 Å². The van der Waals surface area contributed by atoms with E-state index >= 15 is 0 Å². The largest absolute Gasteiger partial charge is 1.00 e. The van der Waals surface area contributed by atoms with Crippen LogP contribution in [0, 0.1) is 41.5 Å². The summed E-state index contributed by atoms with van der Waals surface area (Å²) in [5.74, 6) is 0. The molecule has 0 spiro atoms. The molecule has 4 aromatic heterocycles. The average Bonchev–Trinajstić information content (AvgIpc) is 1.68. The Bertz CT molecular complexity index is 4780. The molecule has 0 saturated carbocycles. The van der Waals surface area contributed by atoms with Crippen molar-refractivity contribution in [1.82, 2.24) is 19.9 Å². The first-order valence-corrected chi connectivity index (χ1v) is 45.8. The Morgan fingerprint density at radius 3 is 0.748 bits per heavy atom. The van der Waals surface area contributed by atoms with Crippen LogP contribution >= 0.6 is 47.6 Å². The SMILES string of the molecule is Cc1cnc(-c2cccnc2C)cc1C.Cc1cnc(Br)cc1C.Cc1ncccc1B1OC(C)(C)C(C)(C)O1.O=CO[O-].[H-].[K+].[K+].[Pd].c1ccc(P(c2ccccc2)c2ccccc2)cc1.c1ccc(P(c2ccccc2)c2ccccc2)cc1.c1ccc(P(c2ccccc2)c2ccccc2)cc1.c1ccc(P(c2ccccc2)c2ccccc2)cc1. The molecule has 0 atom stereocenters. The Morgan fingerprint density at radius 1 is 0.325 bits per heavy atom. The number of pyridine rings is 4. The normalized spacial score (nSPS) is 11.6. The van der Waals surface area contributed by atoms with Crippen molar-refractivity contribution in [1.29, 1.82) is 0 Å². The minimum absolute atomic E-state index is 0. The predicted molar refractivity (Wildman–Crippen MR) is 517 cm³/mol. The molecular formula is C105H102BBrK2N4O5P4Pd. The van der Waals surface area contributed by atoms with Crippen molar-refractivity contribution < 1.29 is 149 Å². The van der Waals surface area contributed by atoms with Crippen molar-refractivity contribution in [3.63, 3.8) is 0 Å². The molecule has 0 aliphatic carbocycles. The van der Waals surface area contributed by atoms with Gasteiger partial charge in [-0.2, -0.15) is 0 Å². The molecule has 9 nitrogen and oxygen atoms in total. The molecule has 1 saturated heterocycles. The molecule has 5 heterocycles. The van der Waals surface area contributed by atoms with Crippen molar-refractivity contribution in [2.24, 2.45) is 0 Å². The molecule has 0 amide bonds. The standard InChI is InChI=1S/4C18H15P.C13H14N2.C12H18BNO2.C7H8BrN.CH2O3.2K.Pd.H/c4*1-4-10-16(11-5-1)19(17-12-6-2-7-13-17)18-14-8-3-9-15-18;1-9-7-13(15-8-10(9)2)12-5-4-6-14-11(12)3;1-9-10(7-6-8-14-9)13-15-11(2,3)12(4,5)16-13;1-5-3-7(8)9-4-6(5)2;2-1-4-3;;;;/h4*1-15H;4-8H,1-3H3;6-8H,1-5H3;3-4H,1-2H3;1,3H;;;;/q;;;;;;;;2*+1;;-1/p-1. The van der Waals surface area contributed by atoms with Gasteiger partial charge in [0.15, 0.2) is 0 Å². The van der Waals surface area contributed by atoms with Crippen LogP contribution in [0.25, 0.3) is 11.3 Å². The summed E-state index contributed by atoms with van der Waals surface area (Å²) in [6, 6.07) is 141. The number of aryl methyl sites for hydroxylation is 6. The van der Waals surface area contributed by atoms with Crippen LogP contribution in [-0.2, 0) is 39.4 Å². The van der Waals surface area contributed by atoms with E-state index in [9.17, 15) is 0 Å².